The molecular weight excluding hydrogens is 450 g/mol. The molecule has 1 heterocycles. The van der Waals surface area contributed by atoms with Crippen LogP contribution in [0.15, 0.2) is 0 Å². The molecule has 1 aliphatic heterocycles. The van der Waals surface area contributed by atoms with E-state index >= 15 is 0 Å². The van der Waals surface area contributed by atoms with Crippen LogP contribution in [0.5, 0.6) is 0 Å². The summed E-state index contributed by atoms with van der Waals surface area (Å²) in [5.74, 6) is 0. The first kappa shape index (κ1) is 38.0. The summed E-state index contributed by atoms with van der Waals surface area (Å²) in [4.78, 5) is 0. The van der Waals surface area contributed by atoms with Gasteiger partial charge in [0.2, 0.25) is 0 Å². The van der Waals surface area contributed by atoms with Crippen molar-refractivity contribution < 1.29 is 13.5 Å². The second-order valence-electron chi connectivity index (χ2n) is 18.3. The minimum absolute atomic E-state index is 0.147. The molecule has 0 aromatic carbocycles. The summed E-state index contributed by atoms with van der Waals surface area (Å²) in [5.41, 5.74) is 1.46. The third-order valence-electron chi connectivity index (χ3n) is 5.45. The summed E-state index contributed by atoms with van der Waals surface area (Å²) in [6.07, 6.45) is 4.90. The largest absolute Gasteiger partial charge is 0.380 e. The number of alkyl halides is 2. The standard InChI is InChI=1S/C9H18O.C9H20.C8H15F.C7H15F/c1-8(2,3)5-9(4)6-10-7-9;1-8(2,3)7-9(4,5)6;1-7(2,3)6-8(9)4-5-8;1-6(8)5-7(2,3)4/h5-7H2,1-4H3;7H2,1-6H3;4-6H2,1-3H3;6H,5H2,1-4H3. The molecule has 1 saturated carbocycles. The summed E-state index contributed by atoms with van der Waals surface area (Å²) < 4.78 is 30.4. The van der Waals surface area contributed by atoms with E-state index in [0.717, 1.165) is 32.5 Å². The maximum absolute atomic E-state index is 13.0. The summed E-state index contributed by atoms with van der Waals surface area (Å²) in [5, 5.41) is 0. The summed E-state index contributed by atoms with van der Waals surface area (Å²) in [6.45, 7) is 38.8. The van der Waals surface area contributed by atoms with E-state index in [9.17, 15) is 8.78 Å². The van der Waals surface area contributed by atoms with Crippen molar-refractivity contribution in [3.63, 3.8) is 0 Å². The lowest BCUT2D eigenvalue weighted by Crippen LogP contribution is -2.42. The van der Waals surface area contributed by atoms with E-state index in [2.05, 4.69) is 90.0 Å². The normalized spacial score (nSPS) is 19.8. The highest BCUT2D eigenvalue weighted by atomic mass is 19.1. The smallest absolute Gasteiger partial charge is 0.111 e. The molecule has 1 nitrogen and oxygen atoms in total. The van der Waals surface area contributed by atoms with Crippen molar-refractivity contribution in [2.45, 2.75) is 168 Å². The molecule has 0 spiro atoms. The van der Waals surface area contributed by atoms with Gasteiger partial charge in [-0.2, -0.15) is 0 Å². The van der Waals surface area contributed by atoms with Gasteiger partial charge in [0.25, 0.3) is 0 Å². The van der Waals surface area contributed by atoms with Crippen LogP contribution in [0.4, 0.5) is 8.78 Å². The molecule has 220 valence electrons. The molecule has 0 amide bonds. The molecule has 1 aliphatic carbocycles. The topological polar surface area (TPSA) is 9.23 Å². The van der Waals surface area contributed by atoms with Crippen LogP contribution < -0.4 is 0 Å². The molecule has 36 heavy (non-hydrogen) atoms. The maximum atomic E-state index is 13.0. The van der Waals surface area contributed by atoms with Gasteiger partial charge in [0.05, 0.1) is 19.4 Å². The van der Waals surface area contributed by atoms with Crippen LogP contribution in [-0.4, -0.2) is 25.1 Å². The van der Waals surface area contributed by atoms with Gasteiger partial charge in [0.15, 0.2) is 0 Å². The average Bonchev–Trinajstić information content (AvgIpc) is 3.13. The molecule has 1 atom stereocenters. The average molecular weight is 519 g/mol. The first-order chi connectivity index (χ1) is 15.5. The molecule has 2 rings (SSSR count). The van der Waals surface area contributed by atoms with Crippen LogP contribution in [0.2, 0.25) is 0 Å². The molecule has 3 heteroatoms. The van der Waals surface area contributed by atoms with E-state index in [1.54, 1.807) is 6.92 Å². The third-order valence-corrected chi connectivity index (χ3v) is 5.45. The van der Waals surface area contributed by atoms with Gasteiger partial charge in [-0.1, -0.05) is 111 Å². The van der Waals surface area contributed by atoms with E-state index in [0.29, 0.717) is 28.1 Å². The molecule has 2 aliphatic rings. The van der Waals surface area contributed by atoms with Crippen molar-refractivity contribution in [1.82, 2.24) is 0 Å². The van der Waals surface area contributed by atoms with Crippen LogP contribution in [0.3, 0.4) is 0 Å². The summed E-state index contributed by atoms with van der Waals surface area (Å²) in [6, 6.07) is 0. The monoisotopic (exact) mass is 519 g/mol. The molecule has 0 radical (unpaired) electrons. The molecule has 1 saturated heterocycles. The van der Waals surface area contributed by atoms with E-state index in [1.165, 1.54) is 12.8 Å². The van der Waals surface area contributed by atoms with Crippen LogP contribution in [0.1, 0.15) is 156 Å². The van der Waals surface area contributed by atoms with E-state index in [1.807, 2.05) is 20.8 Å². The lowest BCUT2D eigenvalue weighted by atomic mass is 9.74. The molecule has 1 unspecified atom stereocenters. The molecule has 0 aromatic heterocycles. The van der Waals surface area contributed by atoms with Crippen molar-refractivity contribution in [3.8, 4) is 0 Å². The molecule has 2 fully saturated rings. The Morgan fingerprint density at radius 3 is 1.06 bits per heavy atom. The highest BCUT2D eigenvalue weighted by molar-refractivity contribution is 4.96. The van der Waals surface area contributed by atoms with Gasteiger partial charge in [-0.05, 0) is 72.5 Å². The zero-order valence-corrected chi connectivity index (χ0v) is 27.9. The van der Waals surface area contributed by atoms with Crippen LogP contribution in [0, 0.1) is 32.5 Å². The second-order valence-corrected chi connectivity index (χ2v) is 18.3. The molecule has 0 aromatic rings. The van der Waals surface area contributed by atoms with Crippen molar-refractivity contribution in [2.75, 3.05) is 13.2 Å². The Morgan fingerprint density at radius 1 is 0.639 bits per heavy atom. The van der Waals surface area contributed by atoms with Crippen LogP contribution in [0.25, 0.3) is 0 Å². The zero-order chi connectivity index (χ0) is 29.4. The van der Waals surface area contributed by atoms with E-state index in [-0.39, 0.29) is 10.8 Å². The first-order valence-corrected chi connectivity index (χ1v) is 14.4. The van der Waals surface area contributed by atoms with Crippen molar-refractivity contribution in [2.24, 2.45) is 32.5 Å². The van der Waals surface area contributed by atoms with Gasteiger partial charge < -0.3 is 4.74 Å². The Bertz CT molecular complexity index is 542. The Hall–Kier alpha value is -0.180. The Balaban J connectivity index is 0. The van der Waals surface area contributed by atoms with Gasteiger partial charge in [0.1, 0.15) is 5.67 Å². The molecule has 0 bridgehead atoms. The Labute approximate surface area is 227 Å². The predicted molar refractivity (Wildman–Crippen MR) is 158 cm³/mol. The lowest BCUT2D eigenvalue weighted by Gasteiger charge is -2.42. The SMILES string of the molecule is CC(C)(C)CC(C)(C)C.CC(C)(C)CC1(C)COC1.CC(C)(C)CC1(F)CC1.CC(F)CC(C)(C)C. The van der Waals surface area contributed by atoms with E-state index in [4.69, 9.17) is 4.74 Å². The van der Waals surface area contributed by atoms with Gasteiger partial charge >= 0.3 is 0 Å². The fraction of sp³-hybridized carbons (Fsp3) is 1.00. The molecular formula is C33H68F2O. The number of hydrogen-bond acceptors (Lipinski definition) is 1. The summed E-state index contributed by atoms with van der Waals surface area (Å²) >= 11 is 0. The third kappa shape index (κ3) is 28.4. The van der Waals surface area contributed by atoms with Crippen LogP contribution in [-0.2, 0) is 4.74 Å². The zero-order valence-electron chi connectivity index (χ0n) is 27.9. The highest BCUT2D eigenvalue weighted by Gasteiger charge is 2.45. The Morgan fingerprint density at radius 2 is 1.00 bits per heavy atom. The predicted octanol–water partition coefficient (Wildman–Crippen LogP) is 11.6. The summed E-state index contributed by atoms with van der Waals surface area (Å²) in [7, 11) is 0. The number of rotatable bonds is 3. The van der Waals surface area contributed by atoms with Crippen LogP contribution >= 0.6 is 0 Å². The van der Waals surface area contributed by atoms with Crippen molar-refractivity contribution >= 4 is 0 Å². The molecule has 0 N–H and O–H groups in total. The minimum atomic E-state index is -0.766. The number of hydrogen-bond donors (Lipinski definition) is 0. The minimum Gasteiger partial charge on any atom is -0.380 e. The second kappa shape index (κ2) is 13.7. The fourth-order valence-corrected chi connectivity index (χ4v) is 5.53. The van der Waals surface area contributed by atoms with Gasteiger partial charge in [0, 0.05) is 5.41 Å². The first-order valence-electron chi connectivity index (χ1n) is 14.4. The van der Waals surface area contributed by atoms with Gasteiger partial charge in [-0.15, -0.1) is 0 Å². The maximum Gasteiger partial charge on any atom is 0.111 e. The van der Waals surface area contributed by atoms with Gasteiger partial charge in [-0.3, -0.25) is 0 Å². The lowest BCUT2D eigenvalue weighted by molar-refractivity contribution is -0.119. The van der Waals surface area contributed by atoms with Gasteiger partial charge in [-0.25, -0.2) is 8.78 Å². The quantitative estimate of drug-likeness (QED) is 0.361. The van der Waals surface area contributed by atoms with Crippen molar-refractivity contribution in [3.05, 3.63) is 0 Å². The Kier molecular flexibility index (Phi) is 14.5. The number of ether oxygens (including phenoxy) is 1. The number of halogens is 2. The van der Waals surface area contributed by atoms with Crippen molar-refractivity contribution in [1.29, 1.82) is 0 Å². The fourth-order valence-electron chi connectivity index (χ4n) is 5.53. The highest BCUT2D eigenvalue weighted by Crippen LogP contribution is 2.47. The van der Waals surface area contributed by atoms with E-state index < -0.39 is 11.8 Å².